The van der Waals surface area contributed by atoms with Gasteiger partial charge >= 0.3 is 0 Å². The molecule has 7 nitrogen and oxygen atoms in total. The lowest BCUT2D eigenvalue weighted by molar-refractivity contribution is -0.123. The van der Waals surface area contributed by atoms with Gasteiger partial charge in [0.2, 0.25) is 5.91 Å². The number of rotatable bonds is 5. The van der Waals surface area contributed by atoms with Gasteiger partial charge in [-0.3, -0.25) is 9.69 Å². The lowest BCUT2D eigenvalue weighted by Gasteiger charge is -2.35. The maximum absolute atomic E-state index is 12.4. The van der Waals surface area contributed by atoms with Crippen molar-refractivity contribution in [2.75, 3.05) is 45.8 Å². The molecule has 2 aliphatic rings. The Bertz CT molecular complexity index is 452. The highest BCUT2D eigenvalue weighted by atomic mass is 32.2. The zero-order chi connectivity index (χ0) is 15.5. The maximum Gasteiger partial charge on any atom is 0.282 e. The van der Waals surface area contributed by atoms with Crippen LogP contribution in [-0.2, 0) is 15.0 Å². The van der Waals surface area contributed by atoms with Crippen LogP contribution in [0, 0.1) is 0 Å². The first kappa shape index (κ1) is 16.7. The Labute approximate surface area is 127 Å². The largest absolute Gasteiger partial charge is 0.353 e. The molecule has 122 valence electrons. The molecule has 0 aromatic carbocycles. The summed E-state index contributed by atoms with van der Waals surface area (Å²) in [5, 5.41) is 2.86. The Hall–Kier alpha value is -0.700. The standard InChI is InChI=1S/C13H26N4O3S/c1-12(2)14-13(18)11-15-7-9-17(10-8-15)21(19,20)16-5-3-4-6-16/h12H,3-11H2,1-2H3,(H,14,18). The molecule has 0 aromatic rings. The molecule has 0 spiro atoms. The third kappa shape index (κ3) is 4.38. The van der Waals surface area contributed by atoms with E-state index in [4.69, 9.17) is 0 Å². The number of nitrogens with one attached hydrogen (secondary N) is 1. The van der Waals surface area contributed by atoms with Crippen molar-refractivity contribution < 1.29 is 13.2 Å². The first-order chi connectivity index (χ1) is 9.89. The predicted molar refractivity (Wildman–Crippen MR) is 81.0 cm³/mol. The molecule has 0 aromatic heterocycles. The van der Waals surface area contributed by atoms with Gasteiger partial charge in [-0.25, -0.2) is 0 Å². The summed E-state index contributed by atoms with van der Waals surface area (Å²) in [6.45, 7) is 7.63. The van der Waals surface area contributed by atoms with Crippen LogP contribution in [0.1, 0.15) is 26.7 Å². The summed E-state index contributed by atoms with van der Waals surface area (Å²) in [6.07, 6.45) is 1.91. The van der Waals surface area contributed by atoms with Crippen LogP contribution in [-0.4, -0.2) is 79.7 Å². The SMILES string of the molecule is CC(C)NC(=O)CN1CCN(S(=O)(=O)N2CCCC2)CC1. The molecule has 2 aliphatic heterocycles. The third-order valence-electron chi connectivity index (χ3n) is 3.87. The van der Waals surface area contributed by atoms with Gasteiger partial charge in [0, 0.05) is 45.3 Å². The Kier molecular flexibility index (Phi) is 5.59. The third-order valence-corrected chi connectivity index (χ3v) is 5.90. The van der Waals surface area contributed by atoms with Gasteiger partial charge < -0.3 is 5.32 Å². The number of piperazine rings is 1. The van der Waals surface area contributed by atoms with Gasteiger partial charge in [-0.2, -0.15) is 17.0 Å². The van der Waals surface area contributed by atoms with E-state index in [2.05, 4.69) is 5.32 Å². The molecule has 2 fully saturated rings. The van der Waals surface area contributed by atoms with Crippen molar-refractivity contribution in [2.24, 2.45) is 0 Å². The van der Waals surface area contributed by atoms with Crippen LogP contribution in [0.5, 0.6) is 0 Å². The molecule has 1 amide bonds. The van der Waals surface area contributed by atoms with Crippen molar-refractivity contribution in [3.63, 3.8) is 0 Å². The fourth-order valence-electron chi connectivity index (χ4n) is 2.77. The highest BCUT2D eigenvalue weighted by Gasteiger charge is 2.33. The predicted octanol–water partition coefficient (Wildman–Crippen LogP) is -0.531. The van der Waals surface area contributed by atoms with Gasteiger partial charge in [0.25, 0.3) is 10.2 Å². The number of carbonyl (C=O) groups excluding carboxylic acids is 1. The van der Waals surface area contributed by atoms with E-state index < -0.39 is 10.2 Å². The minimum atomic E-state index is -3.29. The smallest absolute Gasteiger partial charge is 0.282 e. The first-order valence-corrected chi connectivity index (χ1v) is 9.06. The minimum absolute atomic E-state index is 0.000787. The van der Waals surface area contributed by atoms with Crippen LogP contribution in [0.2, 0.25) is 0 Å². The molecule has 2 rings (SSSR count). The summed E-state index contributed by atoms with van der Waals surface area (Å²) in [7, 11) is -3.29. The number of hydrogen-bond acceptors (Lipinski definition) is 4. The van der Waals surface area contributed by atoms with E-state index in [1.54, 1.807) is 8.61 Å². The summed E-state index contributed by atoms with van der Waals surface area (Å²) < 4.78 is 28.0. The molecule has 2 heterocycles. The maximum atomic E-state index is 12.4. The summed E-state index contributed by atoms with van der Waals surface area (Å²) >= 11 is 0. The van der Waals surface area contributed by atoms with Gasteiger partial charge in [0.05, 0.1) is 6.54 Å². The Morgan fingerprint density at radius 2 is 1.52 bits per heavy atom. The molecule has 0 unspecified atom stereocenters. The van der Waals surface area contributed by atoms with Crippen molar-refractivity contribution in [2.45, 2.75) is 32.7 Å². The highest BCUT2D eigenvalue weighted by Crippen LogP contribution is 2.17. The average Bonchev–Trinajstić information content (AvgIpc) is 2.92. The summed E-state index contributed by atoms with van der Waals surface area (Å²) in [4.78, 5) is 13.7. The molecule has 0 atom stereocenters. The average molecular weight is 318 g/mol. The first-order valence-electron chi connectivity index (χ1n) is 7.66. The quantitative estimate of drug-likeness (QED) is 0.739. The van der Waals surface area contributed by atoms with E-state index in [0.29, 0.717) is 45.8 Å². The Morgan fingerprint density at radius 3 is 2.05 bits per heavy atom. The monoisotopic (exact) mass is 318 g/mol. The van der Waals surface area contributed by atoms with Crippen LogP contribution < -0.4 is 5.32 Å². The van der Waals surface area contributed by atoms with Gasteiger partial charge in [-0.05, 0) is 26.7 Å². The second-order valence-corrected chi connectivity index (χ2v) is 7.94. The van der Waals surface area contributed by atoms with Crippen molar-refractivity contribution in [3.05, 3.63) is 0 Å². The molecule has 0 radical (unpaired) electrons. The second kappa shape index (κ2) is 7.04. The lowest BCUT2D eigenvalue weighted by atomic mass is 10.3. The summed E-state index contributed by atoms with van der Waals surface area (Å²) in [5.74, 6) is 0.000787. The normalized spacial score (nSPS) is 22.8. The number of amides is 1. The minimum Gasteiger partial charge on any atom is -0.353 e. The zero-order valence-electron chi connectivity index (χ0n) is 12.9. The van der Waals surface area contributed by atoms with Crippen LogP contribution in [0.4, 0.5) is 0 Å². The van der Waals surface area contributed by atoms with Crippen molar-refractivity contribution in [1.82, 2.24) is 18.8 Å². The number of carbonyl (C=O) groups is 1. The molecule has 1 N–H and O–H groups in total. The summed E-state index contributed by atoms with van der Waals surface area (Å²) in [6, 6.07) is 0.134. The highest BCUT2D eigenvalue weighted by molar-refractivity contribution is 7.86. The van der Waals surface area contributed by atoms with E-state index in [1.807, 2.05) is 18.7 Å². The molecule has 2 saturated heterocycles. The number of hydrogen-bond donors (Lipinski definition) is 1. The molecular weight excluding hydrogens is 292 g/mol. The molecule has 0 saturated carbocycles. The molecule has 21 heavy (non-hydrogen) atoms. The topological polar surface area (TPSA) is 73.0 Å². The second-order valence-electron chi connectivity index (χ2n) is 6.01. The van der Waals surface area contributed by atoms with E-state index in [9.17, 15) is 13.2 Å². The van der Waals surface area contributed by atoms with Gasteiger partial charge in [-0.1, -0.05) is 0 Å². The Morgan fingerprint density at radius 1 is 1.00 bits per heavy atom. The number of nitrogens with zero attached hydrogens (tertiary/aromatic N) is 3. The van der Waals surface area contributed by atoms with Crippen molar-refractivity contribution in [3.8, 4) is 0 Å². The van der Waals surface area contributed by atoms with Gasteiger partial charge in [0.15, 0.2) is 0 Å². The molecule has 8 heteroatoms. The van der Waals surface area contributed by atoms with Crippen LogP contribution in [0.15, 0.2) is 0 Å². The van der Waals surface area contributed by atoms with Crippen LogP contribution >= 0.6 is 0 Å². The lowest BCUT2D eigenvalue weighted by Crippen LogP contribution is -2.54. The zero-order valence-corrected chi connectivity index (χ0v) is 13.7. The molecular formula is C13H26N4O3S. The fourth-order valence-corrected chi connectivity index (χ4v) is 4.44. The fraction of sp³-hybridized carbons (Fsp3) is 0.923. The van der Waals surface area contributed by atoms with Crippen molar-refractivity contribution in [1.29, 1.82) is 0 Å². The van der Waals surface area contributed by atoms with E-state index in [-0.39, 0.29) is 11.9 Å². The van der Waals surface area contributed by atoms with Crippen LogP contribution in [0.25, 0.3) is 0 Å². The molecule has 0 aliphatic carbocycles. The summed E-state index contributed by atoms with van der Waals surface area (Å²) in [5.41, 5.74) is 0. The van der Waals surface area contributed by atoms with E-state index >= 15 is 0 Å². The van der Waals surface area contributed by atoms with E-state index in [0.717, 1.165) is 12.8 Å². The Balaban J connectivity index is 1.81. The van der Waals surface area contributed by atoms with Crippen LogP contribution in [0.3, 0.4) is 0 Å². The van der Waals surface area contributed by atoms with Crippen molar-refractivity contribution >= 4 is 16.1 Å². The molecule has 0 bridgehead atoms. The van der Waals surface area contributed by atoms with E-state index in [1.165, 1.54) is 0 Å². The van der Waals surface area contributed by atoms with Gasteiger partial charge in [0.1, 0.15) is 0 Å². The van der Waals surface area contributed by atoms with Gasteiger partial charge in [-0.15, -0.1) is 0 Å².